The van der Waals surface area contributed by atoms with Crippen LogP contribution in [0.25, 0.3) is 33.0 Å². The Hall–Kier alpha value is -5.73. The number of tetrazole rings is 1. The van der Waals surface area contributed by atoms with Gasteiger partial charge in [-0.3, -0.25) is 0 Å². The summed E-state index contributed by atoms with van der Waals surface area (Å²) in [6.45, 7) is 7.02. The van der Waals surface area contributed by atoms with Crippen LogP contribution in [0.4, 0.5) is 0 Å². The van der Waals surface area contributed by atoms with E-state index >= 15 is 0 Å². The lowest BCUT2D eigenvalue weighted by atomic mass is 9.77. The number of aryl methyl sites for hydroxylation is 3. The van der Waals surface area contributed by atoms with Crippen LogP contribution < -0.4 is 0 Å². The van der Waals surface area contributed by atoms with Gasteiger partial charge in [0.2, 0.25) is 0 Å². The average Bonchev–Trinajstić information content (AvgIpc) is 3.90. The van der Waals surface area contributed by atoms with E-state index in [1.54, 1.807) is 11.3 Å². The lowest BCUT2D eigenvalue weighted by Gasteiger charge is -2.36. The van der Waals surface area contributed by atoms with Crippen molar-refractivity contribution < 1.29 is 0 Å². The summed E-state index contributed by atoms with van der Waals surface area (Å²) in [4.78, 5) is 12.2. The van der Waals surface area contributed by atoms with Crippen LogP contribution in [-0.4, -0.2) is 34.7 Å². The molecular weight excluding hydrogens is 623 g/mol. The minimum absolute atomic E-state index is 0.686. The van der Waals surface area contributed by atoms with Gasteiger partial charge in [0.05, 0.1) is 6.54 Å². The van der Waals surface area contributed by atoms with Crippen molar-refractivity contribution >= 4 is 22.5 Å². The van der Waals surface area contributed by atoms with Gasteiger partial charge in [-0.05, 0) is 64.7 Å². The summed E-state index contributed by atoms with van der Waals surface area (Å²) >= 11 is 1.78. The molecule has 8 heteroatoms. The third kappa shape index (κ3) is 5.25. The Kier molecular flexibility index (Phi) is 7.93. The highest BCUT2D eigenvalue weighted by molar-refractivity contribution is 7.15. The van der Waals surface area contributed by atoms with Gasteiger partial charge >= 0.3 is 0 Å². The molecule has 0 fully saturated rings. The first-order chi connectivity index (χ1) is 24.1. The maximum atomic E-state index is 4.97. The van der Waals surface area contributed by atoms with E-state index in [1.807, 2.05) is 29.8 Å². The predicted octanol–water partition coefficient (Wildman–Crippen LogP) is 8.88. The van der Waals surface area contributed by atoms with Gasteiger partial charge in [0, 0.05) is 33.0 Å². The molecule has 0 radical (unpaired) electrons. The highest BCUT2D eigenvalue weighted by atomic mass is 32.1. The molecule has 7 nitrogen and oxygen atoms in total. The number of imidazole rings is 1. The highest BCUT2D eigenvalue weighted by Gasteiger charge is 2.42. The molecule has 0 bridgehead atoms. The first kappa shape index (κ1) is 30.6. The fraction of sp³-hybridized carbons (Fsp3) is 0.146. The second-order valence-corrected chi connectivity index (χ2v) is 13.4. The molecule has 0 aliphatic rings. The maximum Gasteiger partial charge on any atom is 0.184 e. The Bertz CT molecular complexity index is 2280. The molecule has 0 aliphatic heterocycles. The topological polar surface area (TPSA) is 74.3 Å². The summed E-state index contributed by atoms with van der Waals surface area (Å²) in [6, 6.07) is 46.5. The quantitative estimate of drug-likeness (QED) is 0.145. The lowest BCUT2D eigenvalue weighted by Crippen LogP contribution is -2.39. The second kappa shape index (κ2) is 12.7. The molecule has 0 unspecified atom stereocenters. The normalized spacial score (nSPS) is 11.7. The minimum Gasteiger partial charge on any atom is -0.307 e. The van der Waals surface area contributed by atoms with Gasteiger partial charge < -0.3 is 4.57 Å². The second-order valence-electron chi connectivity index (χ2n) is 12.3. The van der Waals surface area contributed by atoms with Gasteiger partial charge in [-0.15, -0.1) is 16.4 Å². The first-order valence-corrected chi connectivity index (χ1v) is 17.4. The zero-order valence-electron chi connectivity index (χ0n) is 27.7. The van der Waals surface area contributed by atoms with Crippen molar-refractivity contribution in [3.05, 3.63) is 172 Å². The fourth-order valence-electron chi connectivity index (χ4n) is 7.03. The number of pyridine rings is 1. The molecular formula is C41H35N7S. The summed E-state index contributed by atoms with van der Waals surface area (Å²) in [5.41, 5.74) is 8.49. The number of rotatable bonds is 9. The van der Waals surface area contributed by atoms with E-state index in [4.69, 9.17) is 20.3 Å². The molecule has 0 amide bonds. The number of fused-ring (bicyclic) bond motifs is 1. The van der Waals surface area contributed by atoms with Gasteiger partial charge in [0.1, 0.15) is 16.9 Å². The van der Waals surface area contributed by atoms with E-state index < -0.39 is 5.54 Å². The summed E-state index contributed by atoms with van der Waals surface area (Å²) in [5, 5.41) is 13.9. The highest BCUT2D eigenvalue weighted by Crippen LogP contribution is 2.44. The molecule has 49 heavy (non-hydrogen) atoms. The zero-order valence-corrected chi connectivity index (χ0v) is 28.5. The van der Waals surface area contributed by atoms with Gasteiger partial charge in [0.15, 0.2) is 11.5 Å². The van der Waals surface area contributed by atoms with Crippen molar-refractivity contribution in [3.63, 3.8) is 0 Å². The summed E-state index contributed by atoms with van der Waals surface area (Å²) < 4.78 is 4.27. The van der Waals surface area contributed by atoms with E-state index in [0.29, 0.717) is 12.4 Å². The van der Waals surface area contributed by atoms with Crippen LogP contribution in [0.15, 0.2) is 133 Å². The number of hydrogen-bond acceptors (Lipinski definition) is 6. The first-order valence-electron chi connectivity index (χ1n) is 16.5. The molecule has 0 saturated carbocycles. The van der Waals surface area contributed by atoms with Crippen LogP contribution in [0.3, 0.4) is 0 Å². The monoisotopic (exact) mass is 657 g/mol. The number of nitrogens with zero attached hydrogens (tertiary/aromatic N) is 7. The molecule has 0 atom stereocenters. The van der Waals surface area contributed by atoms with Gasteiger partial charge in [-0.2, -0.15) is 0 Å². The molecule has 4 aromatic carbocycles. The van der Waals surface area contributed by atoms with Crippen LogP contribution in [-0.2, 0) is 18.5 Å². The third-order valence-electron chi connectivity index (χ3n) is 9.19. The predicted molar refractivity (Wildman–Crippen MR) is 197 cm³/mol. The summed E-state index contributed by atoms with van der Waals surface area (Å²) in [6.07, 6.45) is 0.838. The van der Waals surface area contributed by atoms with Crippen molar-refractivity contribution in [1.29, 1.82) is 0 Å². The SMILES string of the molecule is CCc1nc2c(C)cc(C)nc2n1Cc1ccc(-c2ccccc2-c2nnnn2C(c2ccccc2)(c2ccccc2)c2ccccc2)s1. The molecule has 4 aromatic heterocycles. The van der Waals surface area contributed by atoms with Gasteiger partial charge in [-0.1, -0.05) is 122 Å². The van der Waals surface area contributed by atoms with E-state index in [0.717, 1.165) is 67.4 Å². The molecule has 0 aliphatic carbocycles. The van der Waals surface area contributed by atoms with Crippen molar-refractivity contribution in [2.24, 2.45) is 0 Å². The third-order valence-corrected chi connectivity index (χ3v) is 10.3. The van der Waals surface area contributed by atoms with Gasteiger partial charge in [-0.25, -0.2) is 14.6 Å². The van der Waals surface area contributed by atoms with Crippen LogP contribution in [0.1, 0.15) is 45.6 Å². The standard InChI is InChI=1S/C41H35N7S/c1-4-37-43-38-28(2)26-29(3)42-40(38)47(37)27-33-24-25-36(49-33)34-22-14-15-23-35(34)39-44-45-46-48(39)41(30-16-8-5-9-17-30,31-18-10-6-11-19-31)32-20-12-7-13-21-32/h5-26H,4,27H2,1-3H3. The molecule has 0 spiro atoms. The molecule has 4 heterocycles. The number of thiophene rings is 1. The van der Waals surface area contributed by atoms with Crippen molar-refractivity contribution in [1.82, 2.24) is 34.7 Å². The van der Waals surface area contributed by atoms with Gasteiger partial charge in [0.25, 0.3) is 0 Å². The largest absolute Gasteiger partial charge is 0.307 e. The Balaban J connectivity index is 1.27. The Morgan fingerprint density at radius 2 is 1.27 bits per heavy atom. The van der Waals surface area contributed by atoms with E-state index in [1.165, 1.54) is 4.88 Å². The lowest BCUT2D eigenvalue weighted by molar-refractivity contribution is 0.451. The number of aromatic nitrogens is 7. The Labute approximate surface area is 289 Å². The molecule has 240 valence electrons. The maximum absolute atomic E-state index is 4.97. The fourth-order valence-corrected chi connectivity index (χ4v) is 8.06. The average molecular weight is 658 g/mol. The van der Waals surface area contributed by atoms with Crippen LogP contribution in [0, 0.1) is 13.8 Å². The Morgan fingerprint density at radius 3 is 1.88 bits per heavy atom. The molecule has 8 rings (SSSR count). The van der Waals surface area contributed by atoms with Crippen LogP contribution >= 0.6 is 11.3 Å². The molecule has 0 N–H and O–H groups in total. The molecule has 0 saturated heterocycles. The summed E-state index contributed by atoms with van der Waals surface area (Å²) in [5.74, 6) is 1.73. The Morgan fingerprint density at radius 1 is 0.673 bits per heavy atom. The zero-order chi connectivity index (χ0) is 33.4. The van der Waals surface area contributed by atoms with E-state index in [2.05, 4.69) is 139 Å². The summed E-state index contributed by atoms with van der Waals surface area (Å²) in [7, 11) is 0. The van der Waals surface area contributed by atoms with Crippen molar-refractivity contribution in [2.75, 3.05) is 0 Å². The minimum atomic E-state index is -0.835. The van der Waals surface area contributed by atoms with E-state index in [-0.39, 0.29) is 0 Å². The van der Waals surface area contributed by atoms with E-state index in [9.17, 15) is 0 Å². The van der Waals surface area contributed by atoms with Crippen molar-refractivity contribution in [2.45, 2.75) is 39.3 Å². The van der Waals surface area contributed by atoms with Crippen molar-refractivity contribution in [3.8, 4) is 21.8 Å². The number of hydrogen-bond donors (Lipinski definition) is 0. The van der Waals surface area contributed by atoms with Crippen LogP contribution in [0.2, 0.25) is 0 Å². The molecule has 8 aromatic rings. The smallest absolute Gasteiger partial charge is 0.184 e. The van der Waals surface area contributed by atoms with Crippen LogP contribution in [0.5, 0.6) is 0 Å². The number of benzene rings is 4.